The van der Waals surface area contributed by atoms with E-state index in [2.05, 4.69) is 0 Å². The van der Waals surface area contributed by atoms with Crippen molar-refractivity contribution < 1.29 is 8.85 Å². The Balaban J connectivity index is 2.49. The molecular weight excluding hydrogens is 176 g/mol. The predicted octanol–water partition coefficient (Wildman–Crippen LogP) is 2.14. The van der Waals surface area contributed by atoms with Crippen LogP contribution in [0.15, 0.2) is 0 Å². The fourth-order valence-corrected chi connectivity index (χ4v) is 6.56. The van der Waals surface area contributed by atoms with Gasteiger partial charge in [-0.3, -0.25) is 0 Å². The van der Waals surface area contributed by atoms with Crippen molar-refractivity contribution in [1.82, 2.24) is 0 Å². The molecule has 1 rings (SSSR count). The Bertz CT molecular complexity index is 107. The van der Waals surface area contributed by atoms with Crippen molar-refractivity contribution in [3.05, 3.63) is 0 Å². The van der Waals surface area contributed by atoms with Gasteiger partial charge in [0, 0.05) is 20.3 Å². The molecule has 4 heteroatoms. The fourth-order valence-electron chi connectivity index (χ4n) is 1.33. The van der Waals surface area contributed by atoms with Gasteiger partial charge in [-0.05, 0) is 12.2 Å². The van der Waals surface area contributed by atoms with Crippen LogP contribution in [0.2, 0.25) is 6.04 Å². The van der Waals surface area contributed by atoms with Crippen LogP contribution in [0, 0.1) is 0 Å². The van der Waals surface area contributed by atoms with Crippen molar-refractivity contribution in [1.29, 1.82) is 0 Å². The third-order valence-corrected chi connectivity index (χ3v) is 8.76. The zero-order valence-corrected chi connectivity index (χ0v) is 9.08. The molecule has 1 fully saturated rings. The van der Waals surface area contributed by atoms with Gasteiger partial charge in [0.1, 0.15) is 0 Å². The lowest BCUT2D eigenvalue weighted by atomic mass is 10.3. The molecule has 0 radical (unpaired) electrons. The zero-order valence-electron chi connectivity index (χ0n) is 7.26. The first kappa shape index (κ1) is 9.57. The van der Waals surface area contributed by atoms with Gasteiger partial charge in [-0.2, -0.15) is 0 Å². The summed E-state index contributed by atoms with van der Waals surface area (Å²) in [5.41, 5.74) is 0. The van der Waals surface area contributed by atoms with Crippen molar-refractivity contribution in [3.63, 3.8) is 0 Å². The van der Waals surface area contributed by atoms with Crippen LogP contribution in [0.3, 0.4) is 0 Å². The van der Waals surface area contributed by atoms with Gasteiger partial charge in [0.25, 0.3) is 0 Å². The summed E-state index contributed by atoms with van der Waals surface area (Å²) >= 11 is 1.93. The van der Waals surface area contributed by atoms with Crippen molar-refractivity contribution >= 4 is 18.9 Å². The monoisotopic (exact) mass is 192 g/mol. The fraction of sp³-hybridized carbons (Fsp3) is 1.00. The molecule has 0 saturated carbocycles. The highest BCUT2D eigenvalue weighted by atomic mass is 32.4. The van der Waals surface area contributed by atoms with Crippen LogP contribution in [0.4, 0.5) is 0 Å². The van der Waals surface area contributed by atoms with Gasteiger partial charge in [0.05, 0.1) is 0 Å². The summed E-state index contributed by atoms with van der Waals surface area (Å²) in [7, 11) is 1.81. The zero-order chi connectivity index (χ0) is 8.16. The topological polar surface area (TPSA) is 18.5 Å². The van der Waals surface area contributed by atoms with Gasteiger partial charge in [0.2, 0.25) is 0 Å². The molecule has 0 amide bonds. The smallest absolute Gasteiger partial charge is 0.390 e. The molecule has 0 atom stereocenters. The predicted molar refractivity (Wildman–Crippen MR) is 50.9 cm³/mol. The second-order valence-electron chi connectivity index (χ2n) is 2.75. The van der Waals surface area contributed by atoms with E-state index in [0.29, 0.717) is 0 Å². The molecule has 1 aliphatic rings. The standard InChI is InChI=1S/C7H16O2SSi/c1-8-11(9-2)7-5-3-4-6-10-11/h3-7H2,1-2H3. The minimum Gasteiger partial charge on any atom is -0.390 e. The van der Waals surface area contributed by atoms with Crippen LogP contribution in [-0.4, -0.2) is 27.7 Å². The molecule has 0 bridgehead atoms. The van der Waals surface area contributed by atoms with Gasteiger partial charge in [-0.1, -0.05) is 12.8 Å². The summed E-state index contributed by atoms with van der Waals surface area (Å²) in [6, 6.07) is 1.16. The maximum absolute atomic E-state index is 5.49. The first-order valence-electron chi connectivity index (χ1n) is 4.07. The first-order valence-corrected chi connectivity index (χ1v) is 7.81. The van der Waals surface area contributed by atoms with Crippen LogP contribution in [0.5, 0.6) is 0 Å². The van der Waals surface area contributed by atoms with E-state index in [1.54, 1.807) is 14.2 Å². The largest absolute Gasteiger partial charge is 0.405 e. The third-order valence-electron chi connectivity index (χ3n) is 2.07. The van der Waals surface area contributed by atoms with Crippen LogP contribution in [-0.2, 0) is 8.85 Å². The normalized spacial score (nSPS) is 24.5. The second-order valence-corrected chi connectivity index (χ2v) is 8.86. The SMILES string of the molecule is CO[Si]1(OC)CCCCCS1. The van der Waals surface area contributed by atoms with Gasteiger partial charge in [0.15, 0.2) is 0 Å². The van der Waals surface area contributed by atoms with Crippen molar-refractivity contribution in [2.75, 3.05) is 20.0 Å². The lowest BCUT2D eigenvalue weighted by molar-refractivity contribution is 0.267. The average molecular weight is 192 g/mol. The van der Waals surface area contributed by atoms with E-state index < -0.39 is 7.71 Å². The van der Waals surface area contributed by atoms with Crippen LogP contribution >= 0.6 is 11.2 Å². The highest BCUT2D eigenvalue weighted by molar-refractivity contribution is 8.27. The molecule has 0 aromatic rings. The quantitative estimate of drug-likeness (QED) is 0.625. The Labute approximate surface area is 73.5 Å². The van der Waals surface area contributed by atoms with Gasteiger partial charge >= 0.3 is 7.71 Å². The Morgan fingerprint density at radius 1 is 1.09 bits per heavy atom. The third kappa shape index (κ3) is 2.47. The van der Waals surface area contributed by atoms with Crippen LogP contribution < -0.4 is 0 Å². The van der Waals surface area contributed by atoms with E-state index in [1.807, 2.05) is 11.2 Å². The minimum atomic E-state index is -1.76. The number of rotatable bonds is 2. The lowest BCUT2D eigenvalue weighted by Gasteiger charge is -2.24. The first-order chi connectivity index (χ1) is 5.33. The molecule has 11 heavy (non-hydrogen) atoms. The van der Waals surface area contributed by atoms with E-state index in [-0.39, 0.29) is 0 Å². The summed E-state index contributed by atoms with van der Waals surface area (Å²) in [4.78, 5) is 0. The Morgan fingerprint density at radius 3 is 2.45 bits per heavy atom. The molecule has 66 valence electrons. The molecule has 2 nitrogen and oxygen atoms in total. The van der Waals surface area contributed by atoms with E-state index in [4.69, 9.17) is 8.85 Å². The van der Waals surface area contributed by atoms with Gasteiger partial charge in [-0.15, -0.1) is 11.2 Å². The van der Waals surface area contributed by atoms with Gasteiger partial charge in [-0.25, -0.2) is 0 Å². The summed E-state index contributed by atoms with van der Waals surface area (Å²) in [5, 5.41) is 0. The van der Waals surface area contributed by atoms with Crippen molar-refractivity contribution in [3.8, 4) is 0 Å². The Morgan fingerprint density at radius 2 is 1.82 bits per heavy atom. The van der Waals surface area contributed by atoms with E-state index >= 15 is 0 Å². The maximum atomic E-state index is 5.49. The summed E-state index contributed by atoms with van der Waals surface area (Å²) < 4.78 is 11.0. The summed E-state index contributed by atoms with van der Waals surface area (Å²) in [6.07, 6.45) is 3.95. The molecule has 0 spiro atoms. The molecular formula is C7H16O2SSi. The molecule has 1 saturated heterocycles. The molecule has 1 heterocycles. The molecule has 0 unspecified atom stereocenters. The summed E-state index contributed by atoms with van der Waals surface area (Å²) in [6.45, 7) is 0. The van der Waals surface area contributed by atoms with Crippen LogP contribution in [0.25, 0.3) is 0 Å². The molecule has 0 aliphatic carbocycles. The molecule has 1 aliphatic heterocycles. The van der Waals surface area contributed by atoms with Crippen LogP contribution in [0.1, 0.15) is 19.3 Å². The average Bonchev–Trinajstić information content (AvgIpc) is 2.30. The van der Waals surface area contributed by atoms with Crippen molar-refractivity contribution in [2.24, 2.45) is 0 Å². The molecule has 0 aromatic heterocycles. The Hall–Kier alpha value is 0.487. The lowest BCUT2D eigenvalue weighted by Crippen LogP contribution is -2.35. The van der Waals surface area contributed by atoms with E-state index in [0.717, 1.165) is 6.04 Å². The highest BCUT2D eigenvalue weighted by Gasteiger charge is 2.37. The van der Waals surface area contributed by atoms with E-state index in [9.17, 15) is 0 Å². The number of hydrogen-bond donors (Lipinski definition) is 0. The van der Waals surface area contributed by atoms with Crippen molar-refractivity contribution in [2.45, 2.75) is 25.3 Å². The van der Waals surface area contributed by atoms with E-state index in [1.165, 1.54) is 25.0 Å². The minimum absolute atomic E-state index is 1.16. The molecule has 0 N–H and O–H groups in total. The maximum Gasteiger partial charge on any atom is 0.405 e. The Kier molecular flexibility index (Phi) is 3.91. The second kappa shape index (κ2) is 4.50. The number of hydrogen-bond acceptors (Lipinski definition) is 3. The highest BCUT2D eigenvalue weighted by Crippen LogP contribution is 2.32. The molecule has 0 aromatic carbocycles. The van der Waals surface area contributed by atoms with Gasteiger partial charge < -0.3 is 8.85 Å². The summed E-state index contributed by atoms with van der Waals surface area (Å²) in [5.74, 6) is 1.22.